The Morgan fingerprint density at radius 1 is 0.959 bits per heavy atom. The summed E-state index contributed by atoms with van der Waals surface area (Å²) in [6.45, 7) is 5.41. The third kappa shape index (κ3) is 9.15. The van der Waals surface area contributed by atoms with Gasteiger partial charge in [-0.2, -0.15) is 5.10 Å². The summed E-state index contributed by atoms with van der Waals surface area (Å²) in [6, 6.07) is 20.5. The third-order valence-corrected chi connectivity index (χ3v) is 11.0. The first-order valence-electron chi connectivity index (χ1n) is 17.5. The van der Waals surface area contributed by atoms with Crippen molar-refractivity contribution >= 4 is 44.8 Å². The van der Waals surface area contributed by atoms with Gasteiger partial charge in [0.2, 0.25) is 11.9 Å². The van der Waals surface area contributed by atoms with Crippen LogP contribution in [0, 0.1) is 17.8 Å². The standard InChI is InChI=1S/C40H45N3O5S/c1-3-7-27-10-12-28(13-11-27)29-14-16-30(17-15-29)32-20-23-36(33(24-32)25-41-43-40-42-35-8-5-6-9-37(35)49-40)48-39(45)31-18-21-34(22-19-31)46-26-47-38(44)4-2/h4-6,8-9,18-25,27-30H,2-3,7,10-17,26H2,1H3,(H,42,43)/b41-25+. The van der Waals surface area contributed by atoms with Crippen molar-refractivity contribution in [1.29, 1.82) is 0 Å². The molecule has 2 fully saturated rings. The van der Waals surface area contributed by atoms with E-state index in [1.54, 1.807) is 30.5 Å². The molecule has 6 rings (SSSR count). The maximum atomic E-state index is 13.2. The molecule has 1 N–H and O–H groups in total. The number of hydrazone groups is 1. The molecule has 0 radical (unpaired) electrons. The summed E-state index contributed by atoms with van der Waals surface area (Å²) in [4.78, 5) is 29.1. The highest BCUT2D eigenvalue weighted by molar-refractivity contribution is 7.22. The summed E-state index contributed by atoms with van der Waals surface area (Å²) in [5.41, 5.74) is 6.32. The fraction of sp³-hybridized carbons (Fsp3) is 0.400. The molecule has 8 nitrogen and oxygen atoms in total. The van der Waals surface area contributed by atoms with Crippen LogP contribution in [0.2, 0.25) is 0 Å². The van der Waals surface area contributed by atoms with Crippen LogP contribution in [-0.2, 0) is 9.53 Å². The number of ether oxygens (including phenoxy) is 3. The third-order valence-electron chi connectivity index (χ3n) is 10.1. The molecule has 9 heteroatoms. The van der Waals surface area contributed by atoms with E-state index >= 15 is 0 Å². The number of anilines is 1. The number of thiazole rings is 1. The molecule has 256 valence electrons. The lowest BCUT2D eigenvalue weighted by atomic mass is 9.68. The van der Waals surface area contributed by atoms with E-state index in [1.165, 1.54) is 81.1 Å². The highest BCUT2D eigenvalue weighted by atomic mass is 32.1. The van der Waals surface area contributed by atoms with Gasteiger partial charge in [0.25, 0.3) is 0 Å². The number of nitrogens with one attached hydrogen (secondary N) is 1. The summed E-state index contributed by atoms with van der Waals surface area (Å²) < 4.78 is 17.3. The summed E-state index contributed by atoms with van der Waals surface area (Å²) in [6.07, 6.45) is 16.0. The first kappa shape index (κ1) is 34.4. The molecule has 49 heavy (non-hydrogen) atoms. The second kappa shape index (κ2) is 16.7. The molecule has 0 unspecified atom stereocenters. The first-order chi connectivity index (χ1) is 24.0. The fourth-order valence-corrected chi connectivity index (χ4v) is 8.25. The van der Waals surface area contributed by atoms with Crippen LogP contribution in [0.15, 0.2) is 84.5 Å². The van der Waals surface area contributed by atoms with Crippen LogP contribution in [0.25, 0.3) is 10.2 Å². The smallest absolute Gasteiger partial charge is 0.343 e. The molecule has 0 atom stereocenters. The summed E-state index contributed by atoms with van der Waals surface area (Å²) >= 11 is 1.53. The SMILES string of the molecule is C=CC(=O)OCOc1ccc(C(=O)Oc2ccc(C3CCC(C4CCC(CCC)CC4)CC3)cc2/C=N/Nc2nc3ccccc3s2)cc1. The molecule has 2 saturated carbocycles. The molecule has 2 aliphatic carbocycles. The Hall–Kier alpha value is -4.50. The molecule has 0 bridgehead atoms. The average Bonchev–Trinajstić information content (AvgIpc) is 3.56. The quantitative estimate of drug-likeness (QED) is 0.0375. The van der Waals surface area contributed by atoms with E-state index in [2.05, 4.69) is 41.1 Å². The number of carbonyl (C=O) groups is 2. The Balaban J connectivity index is 1.13. The number of para-hydroxylation sites is 1. The van der Waals surface area contributed by atoms with Crippen LogP contribution >= 0.6 is 11.3 Å². The van der Waals surface area contributed by atoms with Crippen molar-refractivity contribution in [3.05, 3.63) is 96.1 Å². The highest BCUT2D eigenvalue weighted by Crippen LogP contribution is 2.45. The first-order valence-corrected chi connectivity index (χ1v) is 18.3. The van der Waals surface area contributed by atoms with Gasteiger partial charge in [-0.05, 0) is 116 Å². The van der Waals surface area contributed by atoms with Crippen molar-refractivity contribution in [2.45, 2.75) is 77.0 Å². The summed E-state index contributed by atoms with van der Waals surface area (Å²) in [5.74, 6) is 2.96. The second-order valence-corrected chi connectivity index (χ2v) is 14.2. The zero-order valence-electron chi connectivity index (χ0n) is 28.1. The molecule has 0 spiro atoms. The van der Waals surface area contributed by atoms with Crippen LogP contribution in [-0.4, -0.2) is 29.9 Å². The summed E-state index contributed by atoms with van der Waals surface area (Å²) in [7, 11) is 0. The van der Waals surface area contributed by atoms with Gasteiger partial charge in [-0.15, -0.1) is 0 Å². The van der Waals surface area contributed by atoms with Crippen LogP contribution in [0.1, 0.15) is 98.5 Å². The van der Waals surface area contributed by atoms with Gasteiger partial charge in [0, 0.05) is 11.6 Å². The molecule has 0 saturated heterocycles. The zero-order chi connectivity index (χ0) is 34.0. The predicted molar refractivity (Wildman–Crippen MR) is 196 cm³/mol. The van der Waals surface area contributed by atoms with Gasteiger partial charge in [0.05, 0.1) is 22.0 Å². The van der Waals surface area contributed by atoms with Crippen molar-refractivity contribution in [3.63, 3.8) is 0 Å². The van der Waals surface area contributed by atoms with E-state index in [9.17, 15) is 9.59 Å². The molecule has 4 aromatic rings. The minimum Gasteiger partial charge on any atom is -0.457 e. The Morgan fingerprint density at radius 2 is 1.69 bits per heavy atom. The average molecular weight is 680 g/mol. The number of aromatic nitrogens is 1. The molecule has 0 aliphatic heterocycles. The van der Waals surface area contributed by atoms with E-state index in [1.807, 2.05) is 30.3 Å². The van der Waals surface area contributed by atoms with Crippen molar-refractivity contribution in [1.82, 2.24) is 4.98 Å². The minimum atomic E-state index is -0.576. The van der Waals surface area contributed by atoms with E-state index in [0.29, 0.717) is 28.1 Å². The fourth-order valence-electron chi connectivity index (χ4n) is 7.43. The van der Waals surface area contributed by atoms with Crippen LogP contribution in [0.5, 0.6) is 11.5 Å². The molecular weight excluding hydrogens is 635 g/mol. The molecule has 0 amide bonds. The number of benzene rings is 3. The van der Waals surface area contributed by atoms with Gasteiger partial charge in [0.1, 0.15) is 11.5 Å². The lowest BCUT2D eigenvalue weighted by molar-refractivity contribution is -0.144. The maximum Gasteiger partial charge on any atom is 0.343 e. The maximum absolute atomic E-state index is 13.2. The van der Waals surface area contributed by atoms with E-state index in [-0.39, 0.29) is 6.79 Å². The lowest BCUT2D eigenvalue weighted by Crippen LogP contribution is -2.25. The topological polar surface area (TPSA) is 99.1 Å². The Labute approximate surface area is 292 Å². The highest BCUT2D eigenvalue weighted by Gasteiger charge is 2.31. The van der Waals surface area contributed by atoms with E-state index in [4.69, 9.17) is 14.2 Å². The van der Waals surface area contributed by atoms with Gasteiger partial charge in [-0.3, -0.25) is 5.43 Å². The van der Waals surface area contributed by atoms with Crippen molar-refractivity contribution in [2.24, 2.45) is 22.9 Å². The molecule has 1 aromatic heterocycles. The molecule has 1 heterocycles. The molecule has 2 aliphatic rings. The number of esters is 2. The predicted octanol–water partition coefficient (Wildman–Crippen LogP) is 9.91. The number of nitrogens with zero attached hydrogens (tertiary/aromatic N) is 2. The van der Waals surface area contributed by atoms with Gasteiger partial charge in [-0.25, -0.2) is 14.6 Å². The number of rotatable bonds is 13. The zero-order valence-corrected chi connectivity index (χ0v) is 29.0. The Morgan fingerprint density at radius 3 is 2.41 bits per heavy atom. The van der Waals surface area contributed by atoms with Crippen LogP contribution in [0.3, 0.4) is 0 Å². The normalized spacial score (nSPS) is 20.9. The lowest BCUT2D eigenvalue weighted by Gasteiger charge is -2.38. The van der Waals surface area contributed by atoms with Crippen LogP contribution in [0.4, 0.5) is 5.13 Å². The minimum absolute atomic E-state index is 0.254. The largest absolute Gasteiger partial charge is 0.457 e. The van der Waals surface area contributed by atoms with Gasteiger partial charge in [0.15, 0.2) is 0 Å². The second-order valence-electron chi connectivity index (χ2n) is 13.2. The monoisotopic (exact) mass is 679 g/mol. The van der Waals surface area contributed by atoms with E-state index in [0.717, 1.165) is 39.6 Å². The Kier molecular flexibility index (Phi) is 11.7. The Bertz CT molecular complexity index is 1720. The van der Waals surface area contributed by atoms with Gasteiger partial charge >= 0.3 is 11.9 Å². The number of carbonyl (C=O) groups excluding carboxylic acids is 2. The summed E-state index contributed by atoms with van der Waals surface area (Å²) in [5, 5.41) is 5.20. The number of hydrogen-bond donors (Lipinski definition) is 1. The van der Waals surface area contributed by atoms with E-state index < -0.39 is 11.9 Å². The van der Waals surface area contributed by atoms with Crippen molar-refractivity contribution in [3.8, 4) is 11.5 Å². The number of fused-ring (bicyclic) bond motifs is 1. The van der Waals surface area contributed by atoms with Crippen molar-refractivity contribution in [2.75, 3.05) is 12.2 Å². The molecule has 3 aromatic carbocycles. The number of hydrogen-bond acceptors (Lipinski definition) is 9. The van der Waals surface area contributed by atoms with Gasteiger partial charge in [-0.1, -0.05) is 68.7 Å². The van der Waals surface area contributed by atoms with Crippen molar-refractivity contribution < 1.29 is 23.8 Å². The molecular formula is C40H45N3O5S. The van der Waals surface area contributed by atoms with Crippen LogP contribution < -0.4 is 14.9 Å². The van der Waals surface area contributed by atoms with Gasteiger partial charge < -0.3 is 14.2 Å².